The predicted molar refractivity (Wildman–Crippen MR) is 164 cm³/mol. The van der Waals surface area contributed by atoms with Crippen LogP contribution in [0, 0.1) is 6.92 Å². The zero-order valence-electron chi connectivity index (χ0n) is 24.5. The zero-order chi connectivity index (χ0) is 28.8. The molecule has 5 rings (SSSR count). The monoisotopic (exact) mass is 572 g/mol. The summed E-state index contributed by atoms with van der Waals surface area (Å²) < 4.78 is 13.5. The molecule has 0 radical (unpaired) electrons. The second kappa shape index (κ2) is 12.8. The van der Waals surface area contributed by atoms with Crippen LogP contribution in [0.5, 0.6) is 0 Å². The van der Waals surface area contributed by atoms with Crippen molar-refractivity contribution >= 4 is 31.1 Å². The Balaban J connectivity index is 1.25. The molecule has 1 amide bonds. The third-order valence-corrected chi connectivity index (χ3v) is 8.93. The first-order valence-corrected chi connectivity index (χ1v) is 18.1. The first-order chi connectivity index (χ1) is 19.7. The summed E-state index contributed by atoms with van der Waals surface area (Å²) in [4.78, 5) is 29.0. The Kier molecular flexibility index (Phi) is 8.99. The quantitative estimate of drug-likeness (QED) is 0.175. The van der Waals surface area contributed by atoms with Crippen molar-refractivity contribution in [3.05, 3.63) is 72.2 Å². The van der Waals surface area contributed by atoms with Crippen LogP contribution in [0.2, 0.25) is 25.7 Å². The molecule has 0 bridgehead atoms. The van der Waals surface area contributed by atoms with Gasteiger partial charge in [-0.2, -0.15) is 0 Å². The minimum atomic E-state index is -1.13. The summed E-state index contributed by atoms with van der Waals surface area (Å²) >= 11 is 0. The van der Waals surface area contributed by atoms with E-state index in [1.807, 2.05) is 66.2 Å². The fourth-order valence-electron chi connectivity index (χ4n) is 4.87. The summed E-state index contributed by atoms with van der Waals surface area (Å²) in [5, 5.41) is 3.60. The summed E-state index contributed by atoms with van der Waals surface area (Å²) in [5.74, 6) is 0.747. The Bertz CT molecular complexity index is 1470. The van der Waals surface area contributed by atoms with Crippen molar-refractivity contribution in [1.82, 2.24) is 24.4 Å². The molecule has 1 aliphatic heterocycles. The molecular weight excluding hydrogens is 532 g/mol. The highest BCUT2D eigenvalue weighted by atomic mass is 28.3. The normalized spacial score (nSPS) is 15.7. The molecule has 0 aliphatic carbocycles. The number of amides is 1. The molecule has 0 saturated carbocycles. The van der Waals surface area contributed by atoms with E-state index in [0.29, 0.717) is 19.8 Å². The van der Waals surface area contributed by atoms with E-state index in [2.05, 4.69) is 25.0 Å². The van der Waals surface area contributed by atoms with Crippen molar-refractivity contribution < 1.29 is 14.3 Å². The molecule has 1 saturated heterocycles. The number of hydrogen-bond acceptors (Lipinski definition) is 7. The number of benzene rings is 1. The number of aromatic nitrogens is 4. The molecule has 0 unspecified atom stereocenters. The van der Waals surface area contributed by atoms with Crippen molar-refractivity contribution in [1.29, 1.82) is 0 Å². The summed E-state index contributed by atoms with van der Waals surface area (Å²) in [6, 6.07) is 16.9. The second-order valence-electron chi connectivity index (χ2n) is 11.9. The number of carbonyl (C=O) groups is 1. The summed E-state index contributed by atoms with van der Waals surface area (Å²) in [7, 11) is -1.13. The summed E-state index contributed by atoms with van der Waals surface area (Å²) in [6.07, 6.45) is 5.31. The molecule has 1 atom stereocenters. The Morgan fingerprint density at radius 2 is 1.93 bits per heavy atom. The molecule has 9 nitrogen and oxygen atoms in total. The first kappa shape index (κ1) is 28.8. The lowest BCUT2D eigenvalue weighted by Gasteiger charge is -2.33. The molecule has 1 aliphatic rings. The highest BCUT2D eigenvalue weighted by molar-refractivity contribution is 6.76. The van der Waals surface area contributed by atoms with Gasteiger partial charge in [-0.15, -0.1) is 0 Å². The van der Waals surface area contributed by atoms with Crippen LogP contribution in [-0.4, -0.2) is 64.3 Å². The number of likely N-dealkylation sites (tertiary alicyclic amines) is 1. The molecule has 10 heteroatoms. The lowest BCUT2D eigenvalue weighted by Crippen LogP contribution is -2.45. The van der Waals surface area contributed by atoms with E-state index in [-0.39, 0.29) is 18.7 Å². The second-order valence-corrected chi connectivity index (χ2v) is 17.5. The van der Waals surface area contributed by atoms with E-state index < -0.39 is 8.07 Å². The molecular formula is C31H40N6O3Si. The molecule has 3 aromatic heterocycles. The largest absolute Gasteiger partial charge is 0.445 e. The van der Waals surface area contributed by atoms with E-state index in [1.165, 1.54) is 0 Å². The van der Waals surface area contributed by atoms with Crippen molar-refractivity contribution in [2.75, 3.05) is 25.0 Å². The predicted octanol–water partition coefficient (Wildman–Crippen LogP) is 6.33. The van der Waals surface area contributed by atoms with E-state index in [1.54, 1.807) is 11.1 Å². The van der Waals surface area contributed by atoms with Gasteiger partial charge in [-0.25, -0.2) is 19.7 Å². The average molecular weight is 573 g/mol. The van der Waals surface area contributed by atoms with E-state index in [9.17, 15) is 4.79 Å². The highest BCUT2D eigenvalue weighted by Gasteiger charge is 2.26. The van der Waals surface area contributed by atoms with Crippen molar-refractivity contribution in [2.24, 2.45) is 0 Å². The molecule has 1 N–H and O–H groups in total. The minimum absolute atomic E-state index is 0.0483. The smallest absolute Gasteiger partial charge is 0.410 e. The number of anilines is 1. The van der Waals surface area contributed by atoms with Gasteiger partial charge in [0.15, 0.2) is 5.65 Å². The number of fused-ring (bicyclic) bond motifs is 1. The molecule has 41 heavy (non-hydrogen) atoms. The van der Waals surface area contributed by atoms with Gasteiger partial charge in [-0.3, -0.25) is 0 Å². The van der Waals surface area contributed by atoms with Gasteiger partial charge in [0.05, 0.1) is 11.9 Å². The molecule has 216 valence electrons. The SMILES string of the molecule is Cc1ccc(-c2cnc3c(ccn3COCC[Si](C)(C)C)n2)c(N[C@H]2CCCN(C(=O)OCc3ccccc3)C2)n1. The lowest BCUT2D eigenvalue weighted by atomic mass is 10.1. The Hall–Kier alpha value is -3.76. The summed E-state index contributed by atoms with van der Waals surface area (Å²) in [6.45, 7) is 11.7. The van der Waals surface area contributed by atoms with Gasteiger partial charge in [0, 0.05) is 51.3 Å². The van der Waals surface area contributed by atoms with Crippen LogP contribution in [0.3, 0.4) is 0 Å². The number of ether oxygens (including phenoxy) is 2. The molecule has 1 aromatic carbocycles. The van der Waals surface area contributed by atoms with E-state index >= 15 is 0 Å². The number of hydrogen-bond donors (Lipinski definition) is 1. The molecule has 0 spiro atoms. The van der Waals surface area contributed by atoms with Crippen molar-refractivity contribution in [3.63, 3.8) is 0 Å². The third-order valence-electron chi connectivity index (χ3n) is 7.23. The molecule has 4 aromatic rings. The van der Waals surface area contributed by atoms with Gasteiger partial charge < -0.3 is 24.3 Å². The maximum absolute atomic E-state index is 12.8. The number of piperidine rings is 1. The number of pyridine rings is 1. The topological polar surface area (TPSA) is 94.4 Å². The molecule has 4 heterocycles. The van der Waals surface area contributed by atoms with Gasteiger partial charge >= 0.3 is 6.09 Å². The van der Waals surface area contributed by atoms with Crippen LogP contribution in [-0.2, 0) is 22.8 Å². The Morgan fingerprint density at radius 3 is 2.73 bits per heavy atom. The van der Waals surface area contributed by atoms with Crippen LogP contribution in [0.25, 0.3) is 22.4 Å². The first-order valence-electron chi connectivity index (χ1n) is 14.3. The minimum Gasteiger partial charge on any atom is -0.445 e. The fraction of sp³-hybridized carbons (Fsp3) is 0.419. The van der Waals surface area contributed by atoms with E-state index in [4.69, 9.17) is 24.4 Å². The number of nitrogens with zero attached hydrogens (tertiary/aromatic N) is 5. The maximum Gasteiger partial charge on any atom is 0.410 e. The van der Waals surface area contributed by atoms with Crippen molar-refractivity contribution in [2.45, 2.75) is 64.8 Å². The van der Waals surface area contributed by atoms with Crippen LogP contribution >= 0.6 is 0 Å². The van der Waals surface area contributed by atoms with Gasteiger partial charge in [-0.1, -0.05) is 50.0 Å². The Morgan fingerprint density at radius 1 is 1.10 bits per heavy atom. The number of rotatable bonds is 10. The lowest BCUT2D eigenvalue weighted by molar-refractivity contribution is 0.0874. The number of nitrogens with one attached hydrogen (secondary N) is 1. The average Bonchev–Trinajstić information content (AvgIpc) is 3.36. The Labute approximate surface area is 242 Å². The van der Waals surface area contributed by atoms with Gasteiger partial charge in [0.2, 0.25) is 0 Å². The highest BCUT2D eigenvalue weighted by Crippen LogP contribution is 2.28. The number of carbonyl (C=O) groups excluding carboxylic acids is 1. The third kappa shape index (κ3) is 7.71. The zero-order valence-corrected chi connectivity index (χ0v) is 25.5. The van der Waals surface area contributed by atoms with Crippen LogP contribution < -0.4 is 5.32 Å². The van der Waals surface area contributed by atoms with E-state index in [0.717, 1.165) is 65.0 Å². The summed E-state index contributed by atoms with van der Waals surface area (Å²) in [5.41, 5.74) is 5.12. The van der Waals surface area contributed by atoms with Crippen LogP contribution in [0.4, 0.5) is 10.6 Å². The van der Waals surface area contributed by atoms with Gasteiger partial charge in [0.25, 0.3) is 0 Å². The standard InChI is InChI=1S/C31H40N6O3Si/c1-23-12-13-26(28-19-32-30-27(35-28)14-16-37(30)22-39-17-18-41(2,3)4)29(33-23)34-25-11-8-15-36(20-25)31(38)40-21-24-9-6-5-7-10-24/h5-7,9-10,12-14,16,19,25H,8,11,15,17-18,20-22H2,1-4H3,(H,33,34)/t25-/m0/s1. The van der Waals surface area contributed by atoms with Crippen molar-refractivity contribution in [3.8, 4) is 11.3 Å². The van der Waals surface area contributed by atoms with Crippen LogP contribution in [0.15, 0.2) is 60.9 Å². The number of aryl methyl sites for hydroxylation is 1. The fourth-order valence-corrected chi connectivity index (χ4v) is 5.63. The van der Waals surface area contributed by atoms with Gasteiger partial charge in [0.1, 0.15) is 24.7 Å². The maximum atomic E-state index is 12.8. The van der Waals surface area contributed by atoms with Gasteiger partial charge in [-0.05, 0) is 49.6 Å². The molecule has 1 fully saturated rings. The van der Waals surface area contributed by atoms with Crippen LogP contribution in [0.1, 0.15) is 24.1 Å².